The van der Waals surface area contributed by atoms with Gasteiger partial charge in [-0.2, -0.15) is 0 Å². The fraction of sp³-hybridized carbons (Fsp3) is 0.200. The second kappa shape index (κ2) is 4.80. The number of hydrogen-bond acceptors (Lipinski definition) is 6. The molecule has 1 heterocycles. The van der Waals surface area contributed by atoms with Gasteiger partial charge in [0.2, 0.25) is 6.41 Å². The molecule has 0 radical (unpaired) electrons. The van der Waals surface area contributed by atoms with Gasteiger partial charge in [-0.25, -0.2) is 4.68 Å². The highest BCUT2D eigenvalue weighted by Crippen LogP contribution is 2.27. The number of nitro groups is 1. The Morgan fingerprint density at radius 3 is 2.89 bits per heavy atom. The molecule has 9 heteroatoms. The molecule has 1 aromatic heterocycles. The largest absolute Gasteiger partial charge is 0.327 e. The summed E-state index contributed by atoms with van der Waals surface area (Å²) < 4.78 is 1.25. The summed E-state index contributed by atoms with van der Waals surface area (Å²) in [6, 6.07) is 2.44. The molecule has 1 N–H and O–H groups in total. The molecule has 19 heavy (non-hydrogen) atoms. The number of ketones is 1. The first-order valence-corrected chi connectivity index (χ1v) is 5.24. The normalized spacial score (nSPS) is 10.4. The van der Waals surface area contributed by atoms with E-state index in [1.54, 1.807) is 0 Å². The quantitative estimate of drug-likeness (QED) is 0.476. The first kappa shape index (κ1) is 12.6. The number of nitro benzene ring substituents is 1. The Balaban J connectivity index is 2.66. The minimum absolute atomic E-state index is 0.0435. The van der Waals surface area contributed by atoms with Crippen LogP contribution in [-0.4, -0.2) is 32.1 Å². The molecule has 0 aliphatic heterocycles. The van der Waals surface area contributed by atoms with Crippen molar-refractivity contribution in [1.82, 2.24) is 15.0 Å². The van der Waals surface area contributed by atoms with Gasteiger partial charge in [-0.1, -0.05) is 5.21 Å². The topological polar surface area (TPSA) is 120 Å². The molecule has 2 aromatic rings. The molecule has 0 bridgehead atoms. The van der Waals surface area contributed by atoms with Crippen molar-refractivity contribution in [2.45, 2.75) is 13.5 Å². The molecule has 0 atom stereocenters. The molecule has 0 unspecified atom stereocenters. The van der Waals surface area contributed by atoms with Gasteiger partial charge in [0.25, 0.3) is 5.69 Å². The number of nitrogens with zero attached hydrogens (tertiary/aromatic N) is 4. The Morgan fingerprint density at radius 1 is 1.58 bits per heavy atom. The van der Waals surface area contributed by atoms with Crippen LogP contribution in [-0.2, 0) is 16.1 Å². The van der Waals surface area contributed by atoms with Crippen LogP contribution in [0, 0.1) is 10.1 Å². The molecule has 0 fully saturated rings. The van der Waals surface area contributed by atoms with Crippen LogP contribution < -0.4 is 5.32 Å². The van der Waals surface area contributed by atoms with Crippen molar-refractivity contribution in [1.29, 1.82) is 0 Å². The number of non-ortho nitro benzene ring substituents is 1. The van der Waals surface area contributed by atoms with Gasteiger partial charge in [-0.3, -0.25) is 19.7 Å². The van der Waals surface area contributed by atoms with E-state index in [0.29, 0.717) is 17.4 Å². The summed E-state index contributed by atoms with van der Waals surface area (Å²) in [5, 5.41) is 20.7. The van der Waals surface area contributed by atoms with Gasteiger partial charge in [-0.15, -0.1) is 5.10 Å². The summed E-state index contributed by atoms with van der Waals surface area (Å²) in [5.74, 6) is -0.164. The Hall–Kier alpha value is -2.84. The third-order valence-corrected chi connectivity index (χ3v) is 2.40. The van der Waals surface area contributed by atoms with Crippen molar-refractivity contribution >= 4 is 34.6 Å². The fourth-order valence-corrected chi connectivity index (χ4v) is 1.66. The molecule has 0 aliphatic rings. The number of amides is 1. The van der Waals surface area contributed by atoms with Crippen LogP contribution >= 0.6 is 0 Å². The predicted octanol–water partition coefficient (Wildman–Crippen LogP) is 0.497. The molecular weight excluding hydrogens is 254 g/mol. The maximum absolute atomic E-state index is 11.1. The Bertz CT molecular complexity index is 678. The Morgan fingerprint density at radius 2 is 2.32 bits per heavy atom. The smallest absolute Gasteiger partial charge is 0.273 e. The van der Waals surface area contributed by atoms with Gasteiger partial charge >= 0.3 is 0 Å². The standard InChI is InChI=1S/C10H9N5O4/c1-6(17)4-14-9-3-7(15(18)19)2-8(11-5-16)10(9)12-13-14/h2-3,5H,4H2,1H3,(H,11,16). The molecule has 0 spiro atoms. The van der Waals surface area contributed by atoms with E-state index in [-0.39, 0.29) is 23.7 Å². The van der Waals surface area contributed by atoms with E-state index in [1.807, 2.05) is 0 Å². The number of aromatic nitrogens is 3. The molecule has 1 amide bonds. The molecule has 0 saturated carbocycles. The maximum atomic E-state index is 11.1. The first-order chi connectivity index (χ1) is 9.02. The zero-order chi connectivity index (χ0) is 14.0. The molecule has 1 aromatic carbocycles. The second-order valence-electron chi connectivity index (χ2n) is 3.83. The zero-order valence-electron chi connectivity index (χ0n) is 9.86. The average Bonchev–Trinajstić information content (AvgIpc) is 2.72. The molecule has 2 rings (SSSR count). The zero-order valence-corrected chi connectivity index (χ0v) is 9.86. The van der Waals surface area contributed by atoms with Crippen LogP contribution in [0.1, 0.15) is 6.92 Å². The molecule has 0 aliphatic carbocycles. The first-order valence-electron chi connectivity index (χ1n) is 5.24. The van der Waals surface area contributed by atoms with E-state index in [1.165, 1.54) is 23.7 Å². The van der Waals surface area contributed by atoms with Crippen LogP contribution in [0.2, 0.25) is 0 Å². The lowest BCUT2D eigenvalue weighted by Gasteiger charge is -2.02. The summed E-state index contributed by atoms with van der Waals surface area (Å²) in [6.45, 7) is 1.33. The lowest BCUT2D eigenvalue weighted by atomic mass is 10.2. The lowest BCUT2D eigenvalue weighted by Crippen LogP contribution is -2.08. The van der Waals surface area contributed by atoms with E-state index in [9.17, 15) is 19.7 Å². The monoisotopic (exact) mass is 263 g/mol. The van der Waals surface area contributed by atoms with E-state index in [0.717, 1.165) is 0 Å². The number of fused-ring (bicyclic) bond motifs is 1. The van der Waals surface area contributed by atoms with Crippen molar-refractivity contribution in [2.75, 3.05) is 5.32 Å². The van der Waals surface area contributed by atoms with Crippen molar-refractivity contribution in [3.05, 3.63) is 22.2 Å². The highest BCUT2D eigenvalue weighted by molar-refractivity contribution is 5.95. The number of anilines is 1. The number of Topliss-reactive ketones (excluding diaryl/α,β-unsaturated/α-hetero) is 1. The summed E-state index contributed by atoms with van der Waals surface area (Å²) in [6.07, 6.45) is 0.391. The molecule has 0 saturated heterocycles. The van der Waals surface area contributed by atoms with Gasteiger partial charge in [-0.05, 0) is 6.92 Å². The van der Waals surface area contributed by atoms with Crippen LogP contribution in [0.5, 0.6) is 0 Å². The second-order valence-corrected chi connectivity index (χ2v) is 3.83. The molecular formula is C10H9N5O4. The van der Waals surface area contributed by atoms with E-state index in [4.69, 9.17) is 0 Å². The molecule has 98 valence electrons. The lowest BCUT2D eigenvalue weighted by molar-refractivity contribution is -0.384. The van der Waals surface area contributed by atoms with Crippen LogP contribution in [0.3, 0.4) is 0 Å². The number of hydrogen-bond donors (Lipinski definition) is 1. The van der Waals surface area contributed by atoms with Gasteiger partial charge < -0.3 is 5.32 Å². The number of carbonyl (C=O) groups is 2. The van der Waals surface area contributed by atoms with Crippen molar-refractivity contribution < 1.29 is 14.5 Å². The van der Waals surface area contributed by atoms with E-state index >= 15 is 0 Å². The number of nitrogens with one attached hydrogen (secondary N) is 1. The highest BCUT2D eigenvalue weighted by atomic mass is 16.6. The predicted molar refractivity (Wildman–Crippen MR) is 64.6 cm³/mol. The van der Waals surface area contributed by atoms with Gasteiger partial charge in [0.05, 0.1) is 16.1 Å². The minimum atomic E-state index is -0.597. The maximum Gasteiger partial charge on any atom is 0.273 e. The number of rotatable bonds is 5. The van der Waals surface area contributed by atoms with Gasteiger partial charge in [0.15, 0.2) is 5.78 Å². The van der Waals surface area contributed by atoms with Gasteiger partial charge in [0, 0.05) is 12.1 Å². The highest BCUT2D eigenvalue weighted by Gasteiger charge is 2.17. The van der Waals surface area contributed by atoms with Crippen LogP contribution in [0.25, 0.3) is 11.0 Å². The molecule has 9 nitrogen and oxygen atoms in total. The van der Waals surface area contributed by atoms with Crippen molar-refractivity contribution in [2.24, 2.45) is 0 Å². The van der Waals surface area contributed by atoms with E-state index in [2.05, 4.69) is 15.6 Å². The Labute approximate surface area is 106 Å². The summed E-state index contributed by atoms with van der Waals surface area (Å²) in [7, 11) is 0. The number of benzene rings is 1. The van der Waals surface area contributed by atoms with Gasteiger partial charge in [0.1, 0.15) is 12.1 Å². The third-order valence-electron chi connectivity index (χ3n) is 2.40. The average molecular weight is 263 g/mol. The summed E-state index contributed by atoms with van der Waals surface area (Å²) >= 11 is 0. The van der Waals surface area contributed by atoms with E-state index < -0.39 is 4.92 Å². The minimum Gasteiger partial charge on any atom is -0.327 e. The third kappa shape index (κ3) is 2.39. The van der Waals surface area contributed by atoms with Crippen molar-refractivity contribution in [3.8, 4) is 0 Å². The SMILES string of the molecule is CC(=O)Cn1nnc2c(NC=O)cc([N+](=O)[O-])cc21. The fourth-order valence-electron chi connectivity index (χ4n) is 1.66. The van der Waals surface area contributed by atoms with Crippen LogP contribution in [0.15, 0.2) is 12.1 Å². The van der Waals surface area contributed by atoms with Crippen LogP contribution in [0.4, 0.5) is 11.4 Å². The summed E-state index contributed by atoms with van der Waals surface area (Å²) in [5.41, 5.74) is 0.561. The van der Waals surface area contributed by atoms with Crippen molar-refractivity contribution in [3.63, 3.8) is 0 Å². The number of carbonyl (C=O) groups excluding carboxylic acids is 2. The Kier molecular flexibility index (Phi) is 3.19. The summed E-state index contributed by atoms with van der Waals surface area (Å²) in [4.78, 5) is 31.8.